The summed E-state index contributed by atoms with van der Waals surface area (Å²) in [6.45, 7) is 28.4. The van der Waals surface area contributed by atoms with Gasteiger partial charge < -0.3 is 0 Å². The molecule has 170 valence electrons. The first kappa shape index (κ1) is 30.9. The third-order valence-electron chi connectivity index (χ3n) is 4.35. The lowest BCUT2D eigenvalue weighted by atomic mass is 9.94. The summed E-state index contributed by atoms with van der Waals surface area (Å²) in [7, 11) is 0. The summed E-state index contributed by atoms with van der Waals surface area (Å²) >= 11 is 3.53. The Morgan fingerprint density at radius 2 is 1.29 bits per heavy atom. The van der Waals surface area contributed by atoms with Crippen LogP contribution >= 0.6 is 12.6 Å². The lowest BCUT2D eigenvalue weighted by Crippen LogP contribution is -1.90. The molecular formula is C30H44S. The van der Waals surface area contributed by atoms with Crippen LogP contribution in [0.25, 0.3) is 22.8 Å². The van der Waals surface area contributed by atoms with Gasteiger partial charge in [-0.05, 0) is 73.8 Å². The summed E-state index contributed by atoms with van der Waals surface area (Å²) in [5.74, 6) is 0. The van der Waals surface area contributed by atoms with Gasteiger partial charge in [-0.3, -0.25) is 0 Å². The van der Waals surface area contributed by atoms with Crippen LogP contribution in [0.1, 0.15) is 71.6 Å². The molecular weight excluding hydrogens is 392 g/mol. The van der Waals surface area contributed by atoms with Crippen molar-refractivity contribution in [1.82, 2.24) is 0 Å². The Morgan fingerprint density at radius 1 is 0.806 bits per heavy atom. The Bertz CT molecular complexity index is 848. The van der Waals surface area contributed by atoms with Gasteiger partial charge >= 0.3 is 0 Å². The van der Waals surface area contributed by atoms with E-state index in [0.29, 0.717) is 0 Å². The van der Waals surface area contributed by atoms with Crippen LogP contribution in [0.4, 0.5) is 0 Å². The van der Waals surface area contributed by atoms with E-state index in [-0.39, 0.29) is 0 Å². The van der Waals surface area contributed by atoms with Crippen molar-refractivity contribution in [2.24, 2.45) is 0 Å². The maximum atomic E-state index is 4.11. The molecule has 0 aliphatic rings. The molecule has 0 spiro atoms. The summed E-state index contributed by atoms with van der Waals surface area (Å²) < 4.78 is 0. The minimum absolute atomic E-state index is 0.874. The Hall–Kier alpha value is -2.25. The van der Waals surface area contributed by atoms with Gasteiger partial charge in [0.1, 0.15) is 0 Å². The summed E-state index contributed by atoms with van der Waals surface area (Å²) in [6, 6.07) is 15.2. The standard InChI is InChI=1S/C25H28.2C2H6.CH4S/c1-17(2)14-25(19(5)6)16-23-12-13-24(15-20(23)7)22-10-8-21(9-11-22)18(3)4;3*1-2/h8-13,15-16H,1,3,5,14H2,2,4,6-7H3;2*1-2H3;2H,1H3/b25-16+;;;. The van der Waals surface area contributed by atoms with E-state index >= 15 is 0 Å². The Balaban J connectivity index is 0. The molecule has 0 saturated carbocycles. The smallest absolute Gasteiger partial charge is 0.00699 e. The van der Waals surface area contributed by atoms with Crippen molar-refractivity contribution in [3.63, 3.8) is 0 Å². The monoisotopic (exact) mass is 436 g/mol. The van der Waals surface area contributed by atoms with Gasteiger partial charge in [0.05, 0.1) is 0 Å². The highest BCUT2D eigenvalue weighted by Gasteiger charge is 2.05. The fourth-order valence-electron chi connectivity index (χ4n) is 2.80. The van der Waals surface area contributed by atoms with Crippen molar-refractivity contribution in [1.29, 1.82) is 0 Å². The molecule has 0 aliphatic heterocycles. The zero-order valence-corrected chi connectivity index (χ0v) is 22.3. The second kappa shape index (κ2) is 17.4. The van der Waals surface area contributed by atoms with E-state index in [9.17, 15) is 0 Å². The highest BCUT2D eigenvalue weighted by molar-refractivity contribution is 7.79. The molecule has 0 amide bonds. The molecule has 0 heterocycles. The zero-order chi connectivity index (χ0) is 24.6. The second-order valence-corrected chi connectivity index (χ2v) is 7.01. The SMILES string of the molecule is C=C(C)C/C(=C\c1ccc(-c2ccc(C(=C)C)cc2)cc1C)C(=C)C.CC.CC.CS. The maximum absolute atomic E-state index is 4.11. The predicted molar refractivity (Wildman–Crippen MR) is 151 cm³/mol. The van der Waals surface area contributed by atoms with Crippen LogP contribution in [-0.4, -0.2) is 6.26 Å². The Morgan fingerprint density at radius 3 is 1.68 bits per heavy atom. The third kappa shape index (κ3) is 11.1. The number of hydrogen-bond acceptors (Lipinski definition) is 1. The van der Waals surface area contributed by atoms with E-state index < -0.39 is 0 Å². The number of thiol groups is 1. The number of benzene rings is 2. The quantitative estimate of drug-likeness (QED) is 0.260. The van der Waals surface area contributed by atoms with Gasteiger partial charge in [-0.25, -0.2) is 0 Å². The summed E-state index contributed by atoms with van der Waals surface area (Å²) in [5, 5.41) is 0. The van der Waals surface area contributed by atoms with Crippen molar-refractivity contribution in [2.75, 3.05) is 6.26 Å². The minimum Gasteiger partial charge on any atom is -0.183 e. The molecule has 0 unspecified atom stereocenters. The highest BCUT2D eigenvalue weighted by Crippen LogP contribution is 2.27. The van der Waals surface area contributed by atoms with E-state index in [1.807, 2.05) is 34.6 Å². The van der Waals surface area contributed by atoms with Gasteiger partial charge in [-0.1, -0.05) is 113 Å². The van der Waals surface area contributed by atoms with E-state index in [1.54, 1.807) is 6.26 Å². The highest BCUT2D eigenvalue weighted by atomic mass is 32.1. The largest absolute Gasteiger partial charge is 0.183 e. The molecule has 0 aliphatic carbocycles. The molecule has 0 fully saturated rings. The average Bonchev–Trinajstić information content (AvgIpc) is 2.78. The topological polar surface area (TPSA) is 0 Å². The molecule has 2 aromatic rings. The van der Waals surface area contributed by atoms with Gasteiger partial charge in [0.25, 0.3) is 0 Å². The van der Waals surface area contributed by atoms with Crippen LogP contribution in [0.15, 0.2) is 78.9 Å². The summed E-state index contributed by atoms with van der Waals surface area (Å²) in [4.78, 5) is 0. The zero-order valence-electron chi connectivity index (χ0n) is 21.4. The van der Waals surface area contributed by atoms with E-state index in [4.69, 9.17) is 0 Å². The van der Waals surface area contributed by atoms with Crippen LogP contribution in [0.2, 0.25) is 0 Å². The minimum atomic E-state index is 0.874. The molecule has 2 aromatic carbocycles. The van der Waals surface area contributed by atoms with E-state index in [1.165, 1.54) is 33.4 Å². The van der Waals surface area contributed by atoms with Gasteiger partial charge in [0.2, 0.25) is 0 Å². The Labute approximate surface area is 198 Å². The van der Waals surface area contributed by atoms with Gasteiger partial charge in [0.15, 0.2) is 0 Å². The van der Waals surface area contributed by atoms with E-state index in [0.717, 1.165) is 23.1 Å². The van der Waals surface area contributed by atoms with Crippen LogP contribution in [0, 0.1) is 6.92 Å². The van der Waals surface area contributed by atoms with Crippen molar-refractivity contribution >= 4 is 24.3 Å². The second-order valence-electron chi connectivity index (χ2n) is 7.01. The lowest BCUT2D eigenvalue weighted by molar-refractivity contribution is 1.13. The van der Waals surface area contributed by atoms with Gasteiger partial charge in [-0.15, -0.1) is 0 Å². The molecule has 0 saturated heterocycles. The molecule has 2 rings (SSSR count). The molecule has 0 nitrogen and oxygen atoms in total. The van der Waals surface area contributed by atoms with Gasteiger partial charge in [-0.2, -0.15) is 12.6 Å². The van der Waals surface area contributed by atoms with Crippen molar-refractivity contribution in [3.8, 4) is 11.1 Å². The first-order chi connectivity index (χ1) is 14.8. The first-order valence-electron chi connectivity index (χ1n) is 11.1. The Kier molecular flexibility index (Phi) is 17.4. The first-order valence-corrected chi connectivity index (χ1v) is 12.0. The molecule has 1 heteroatoms. The van der Waals surface area contributed by atoms with Crippen molar-refractivity contribution in [3.05, 3.63) is 95.6 Å². The van der Waals surface area contributed by atoms with Crippen LogP contribution in [-0.2, 0) is 0 Å². The predicted octanol–water partition coefficient (Wildman–Crippen LogP) is 10.2. The average molecular weight is 437 g/mol. The van der Waals surface area contributed by atoms with Crippen LogP contribution < -0.4 is 0 Å². The normalized spacial score (nSPS) is 9.68. The fraction of sp³-hybridized carbons (Fsp3) is 0.333. The summed E-state index contributed by atoms with van der Waals surface area (Å²) in [5.41, 5.74) is 10.7. The molecule has 0 bridgehead atoms. The number of rotatable bonds is 6. The molecule has 31 heavy (non-hydrogen) atoms. The number of allylic oxidation sites excluding steroid dienone is 4. The maximum Gasteiger partial charge on any atom is -0.00699 e. The molecule has 0 N–H and O–H groups in total. The van der Waals surface area contributed by atoms with Gasteiger partial charge in [0, 0.05) is 0 Å². The molecule has 0 aromatic heterocycles. The third-order valence-corrected chi connectivity index (χ3v) is 4.35. The van der Waals surface area contributed by atoms with Crippen molar-refractivity contribution < 1.29 is 0 Å². The lowest BCUT2D eigenvalue weighted by Gasteiger charge is -2.11. The molecule has 0 radical (unpaired) electrons. The van der Waals surface area contributed by atoms with Crippen LogP contribution in [0.5, 0.6) is 0 Å². The van der Waals surface area contributed by atoms with Crippen LogP contribution in [0.3, 0.4) is 0 Å². The number of aryl methyl sites for hydroxylation is 1. The van der Waals surface area contributed by atoms with E-state index in [2.05, 4.69) is 102 Å². The van der Waals surface area contributed by atoms with Crippen molar-refractivity contribution in [2.45, 2.75) is 61.8 Å². The number of hydrogen-bond donors (Lipinski definition) is 1. The molecule has 0 atom stereocenters. The fourth-order valence-corrected chi connectivity index (χ4v) is 2.80. The summed E-state index contributed by atoms with van der Waals surface area (Å²) in [6.07, 6.45) is 4.80.